The molecule has 1 atom stereocenters. The minimum Gasteiger partial charge on any atom is -0.498 e. The van der Waals surface area contributed by atoms with Crippen molar-refractivity contribution < 1.29 is 19.5 Å². The number of rotatable bonds is 1. The van der Waals surface area contributed by atoms with Crippen molar-refractivity contribution >= 4 is 11.8 Å². The third-order valence-electron chi connectivity index (χ3n) is 4.51. The second kappa shape index (κ2) is 5.04. The zero-order chi connectivity index (χ0) is 14.2. The number of quaternary nitrogens is 1. The maximum Gasteiger partial charge on any atom is 0.262 e. The monoisotopic (exact) mass is 273 g/mol. The van der Waals surface area contributed by atoms with Crippen LogP contribution in [-0.2, 0) is 0 Å². The molecule has 0 radical (unpaired) electrons. The first-order chi connectivity index (χ1) is 9.65. The normalized spacial score (nSPS) is 24.6. The van der Waals surface area contributed by atoms with E-state index in [-0.39, 0.29) is 4.48 Å². The Morgan fingerprint density at radius 2 is 1.80 bits per heavy atom. The van der Waals surface area contributed by atoms with Gasteiger partial charge < -0.3 is 15.0 Å². The van der Waals surface area contributed by atoms with E-state index in [9.17, 15) is 15.0 Å². The lowest BCUT2D eigenvalue weighted by Gasteiger charge is -2.37. The zero-order valence-corrected chi connectivity index (χ0v) is 11.4. The summed E-state index contributed by atoms with van der Waals surface area (Å²) in [4.78, 5) is 11.9. The number of nitrogens with zero attached hydrogens (tertiary/aromatic N) is 1. The average Bonchev–Trinajstić information content (AvgIpc) is 2.65. The summed E-state index contributed by atoms with van der Waals surface area (Å²) in [6.07, 6.45) is 3.80. The molecule has 1 saturated heterocycles. The molecule has 1 aliphatic heterocycles. The van der Waals surface area contributed by atoms with Gasteiger partial charge in [-0.3, -0.25) is 0 Å². The van der Waals surface area contributed by atoms with Gasteiger partial charge in [-0.25, -0.2) is 4.48 Å². The van der Waals surface area contributed by atoms with Gasteiger partial charge in [0.2, 0.25) is 0 Å². The highest BCUT2D eigenvalue weighted by Gasteiger charge is 2.41. The first-order valence-corrected chi connectivity index (χ1v) is 7.23. The van der Waals surface area contributed by atoms with Crippen LogP contribution in [0, 0.1) is 0 Å². The lowest BCUT2D eigenvalue weighted by atomic mass is 10.1. The lowest BCUT2D eigenvalue weighted by Crippen LogP contribution is -2.57. The molecule has 4 heteroatoms. The van der Waals surface area contributed by atoms with Gasteiger partial charge in [0.05, 0.1) is 13.1 Å². The molecule has 0 aromatic heterocycles. The highest BCUT2D eigenvalue weighted by molar-refractivity contribution is 5.75. The molecule has 1 aromatic rings. The van der Waals surface area contributed by atoms with E-state index in [4.69, 9.17) is 0 Å². The fourth-order valence-electron chi connectivity index (χ4n) is 3.44. The highest BCUT2D eigenvalue weighted by Crippen LogP contribution is 2.41. The van der Waals surface area contributed by atoms with E-state index in [0.29, 0.717) is 18.8 Å². The van der Waals surface area contributed by atoms with E-state index in [1.165, 1.54) is 0 Å². The number of hydrogen-bond donors (Lipinski definition) is 1. The molecule has 0 saturated carbocycles. The van der Waals surface area contributed by atoms with Gasteiger partial charge in [0.1, 0.15) is 11.8 Å². The Balaban J connectivity index is 2.09. The van der Waals surface area contributed by atoms with Gasteiger partial charge in [0, 0.05) is 11.6 Å². The van der Waals surface area contributed by atoms with Crippen molar-refractivity contribution in [3.8, 4) is 0 Å². The van der Waals surface area contributed by atoms with E-state index in [0.717, 1.165) is 36.8 Å². The largest absolute Gasteiger partial charge is 0.498 e. The van der Waals surface area contributed by atoms with Gasteiger partial charge in [0.15, 0.2) is 0 Å². The van der Waals surface area contributed by atoms with Crippen molar-refractivity contribution in [2.24, 2.45) is 0 Å². The highest BCUT2D eigenvalue weighted by atomic mass is 16.4. The van der Waals surface area contributed by atoms with Crippen LogP contribution in [0.3, 0.4) is 0 Å². The zero-order valence-electron chi connectivity index (χ0n) is 11.4. The van der Waals surface area contributed by atoms with Crippen LogP contribution in [0.4, 0.5) is 4.79 Å². The van der Waals surface area contributed by atoms with Gasteiger partial charge in [-0.15, -0.1) is 0 Å². The lowest BCUT2D eigenvalue weighted by molar-refractivity contribution is -0.808. The van der Waals surface area contributed by atoms with Crippen LogP contribution in [0.15, 0.2) is 30.3 Å². The van der Waals surface area contributed by atoms with E-state index >= 15 is 0 Å². The molecular weight excluding hydrogens is 254 g/mol. The number of benzene rings is 1. The summed E-state index contributed by atoms with van der Waals surface area (Å²) in [6.45, 7) is 1.10. The van der Waals surface area contributed by atoms with Crippen molar-refractivity contribution in [1.29, 1.82) is 0 Å². The predicted octanol–water partition coefficient (Wildman–Crippen LogP) is 1.81. The first-order valence-electron chi connectivity index (χ1n) is 7.23. The second-order valence-corrected chi connectivity index (χ2v) is 5.68. The van der Waals surface area contributed by atoms with E-state index in [1.807, 2.05) is 24.3 Å². The third-order valence-corrected chi connectivity index (χ3v) is 4.51. The molecule has 3 rings (SSSR count). The molecule has 20 heavy (non-hydrogen) atoms. The molecule has 106 valence electrons. The van der Waals surface area contributed by atoms with Gasteiger partial charge in [0.25, 0.3) is 6.09 Å². The third kappa shape index (κ3) is 1.96. The topological polar surface area (TPSA) is 60.4 Å². The number of carbonyl (C=O) groups excluding carboxylic acids is 1. The molecule has 1 aliphatic carbocycles. The summed E-state index contributed by atoms with van der Waals surface area (Å²) < 4.78 is -0.145. The Bertz CT molecular complexity index is 557. The maximum absolute atomic E-state index is 11.9. The predicted molar refractivity (Wildman–Crippen MR) is 73.2 cm³/mol. The summed E-state index contributed by atoms with van der Waals surface area (Å²) >= 11 is 0. The summed E-state index contributed by atoms with van der Waals surface area (Å²) in [5.74, 6) is 0. The number of likely N-dealkylation sites (tertiary alicyclic amines) is 1. The smallest absolute Gasteiger partial charge is 0.262 e. The minimum atomic E-state index is -1.05. The number of aliphatic hydroxyl groups is 1. The Kier molecular flexibility index (Phi) is 3.36. The van der Waals surface area contributed by atoms with Crippen molar-refractivity contribution in [2.75, 3.05) is 13.1 Å². The second-order valence-electron chi connectivity index (χ2n) is 5.68. The van der Waals surface area contributed by atoms with Crippen LogP contribution < -0.4 is 5.11 Å². The van der Waals surface area contributed by atoms with Crippen LogP contribution in [0.25, 0.3) is 5.70 Å². The average molecular weight is 273 g/mol. The fraction of sp³-hybridized carbons (Fsp3) is 0.438. The van der Waals surface area contributed by atoms with Gasteiger partial charge in [-0.05, 0) is 37.3 Å². The SMILES string of the molecule is O=C([O-])[N+]1(C2=CC(O)c3ccccc32)CCCCCC1. The number of fused-ring (bicyclic) bond motifs is 1. The van der Waals surface area contributed by atoms with Crippen molar-refractivity contribution in [2.45, 2.75) is 31.8 Å². The standard InChI is InChI=1S/C16H19NO3/c18-15-11-14(12-7-3-4-8-13(12)15)17(16(19)20)9-5-1-2-6-10-17/h3-4,7-8,11,15,18H,1-2,5-6,9-10H2. The van der Waals surface area contributed by atoms with Crippen molar-refractivity contribution in [1.82, 2.24) is 0 Å². The molecule has 1 fully saturated rings. The summed E-state index contributed by atoms with van der Waals surface area (Å²) in [6, 6.07) is 7.50. The molecule has 1 N–H and O–H groups in total. The molecule has 1 aromatic carbocycles. The van der Waals surface area contributed by atoms with E-state index < -0.39 is 12.2 Å². The maximum atomic E-state index is 11.9. The quantitative estimate of drug-likeness (QED) is 0.794. The molecule has 1 amide bonds. The van der Waals surface area contributed by atoms with Crippen LogP contribution in [-0.4, -0.2) is 28.8 Å². The number of aliphatic hydroxyl groups excluding tert-OH is 1. The van der Waals surface area contributed by atoms with Gasteiger partial charge >= 0.3 is 0 Å². The molecular formula is C16H19NO3. The van der Waals surface area contributed by atoms with Gasteiger partial charge in [-0.1, -0.05) is 18.2 Å². The summed E-state index contributed by atoms with van der Waals surface area (Å²) in [5.41, 5.74) is 2.35. The Morgan fingerprint density at radius 1 is 1.15 bits per heavy atom. The Morgan fingerprint density at radius 3 is 2.45 bits per heavy atom. The van der Waals surface area contributed by atoms with Crippen molar-refractivity contribution in [3.63, 3.8) is 0 Å². The fourth-order valence-corrected chi connectivity index (χ4v) is 3.44. The summed E-state index contributed by atoms with van der Waals surface area (Å²) in [5, 5.41) is 22.0. The summed E-state index contributed by atoms with van der Waals surface area (Å²) in [7, 11) is 0. The molecule has 0 spiro atoms. The van der Waals surface area contributed by atoms with Crippen LogP contribution in [0.2, 0.25) is 0 Å². The Hall–Kier alpha value is -1.65. The molecule has 1 heterocycles. The van der Waals surface area contributed by atoms with Crippen LogP contribution >= 0.6 is 0 Å². The molecule has 1 unspecified atom stereocenters. The first kappa shape index (κ1) is 13.3. The van der Waals surface area contributed by atoms with E-state index in [1.54, 1.807) is 6.08 Å². The Labute approximate surface area is 118 Å². The number of amides is 1. The van der Waals surface area contributed by atoms with Crippen LogP contribution in [0.1, 0.15) is 42.9 Å². The van der Waals surface area contributed by atoms with E-state index in [2.05, 4.69) is 0 Å². The molecule has 0 bridgehead atoms. The molecule has 2 aliphatic rings. The number of hydrogen-bond acceptors (Lipinski definition) is 3. The number of carbonyl (C=O) groups is 1. The van der Waals surface area contributed by atoms with Crippen LogP contribution in [0.5, 0.6) is 0 Å². The van der Waals surface area contributed by atoms with Crippen molar-refractivity contribution in [3.05, 3.63) is 41.5 Å². The van der Waals surface area contributed by atoms with Gasteiger partial charge in [-0.2, -0.15) is 0 Å². The minimum absolute atomic E-state index is 0.145. The number of carboxylic acid groups (broad SMARTS) is 1. The molecule has 4 nitrogen and oxygen atoms in total.